The van der Waals surface area contributed by atoms with Crippen LogP contribution in [0, 0.1) is 12.8 Å². The predicted octanol–water partition coefficient (Wildman–Crippen LogP) is 3.43. The van der Waals surface area contributed by atoms with Crippen molar-refractivity contribution in [3.8, 4) is 5.75 Å². The standard InChI is InChI=1S/C21H33N3O4/c1-15(2)9-12-28-19-13-17(6-5-16(19)3)22-21(27)24-10-7-18(8-11-24)23(4)14-20(25)26/h5-6,13,15,18H,7-12,14H2,1-4H3,(H,22,27)(H,25,26). The number of likely N-dealkylation sites (tertiary alicyclic amines) is 1. The second kappa shape index (κ2) is 10.3. The Morgan fingerprint density at radius 2 is 2.00 bits per heavy atom. The lowest BCUT2D eigenvalue weighted by molar-refractivity contribution is -0.138. The second-order valence-electron chi connectivity index (χ2n) is 7.97. The van der Waals surface area contributed by atoms with Crippen molar-refractivity contribution >= 4 is 17.7 Å². The van der Waals surface area contributed by atoms with Gasteiger partial charge in [-0.2, -0.15) is 0 Å². The summed E-state index contributed by atoms with van der Waals surface area (Å²) in [7, 11) is 1.82. The first kappa shape index (κ1) is 22.0. The van der Waals surface area contributed by atoms with Crippen LogP contribution in [0.15, 0.2) is 18.2 Å². The Morgan fingerprint density at radius 1 is 1.32 bits per heavy atom. The van der Waals surface area contributed by atoms with Crippen LogP contribution in [0.4, 0.5) is 10.5 Å². The summed E-state index contributed by atoms with van der Waals surface area (Å²) >= 11 is 0. The van der Waals surface area contributed by atoms with Crippen LogP contribution in [-0.4, -0.2) is 66.2 Å². The highest BCUT2D eigenvalue weighted by Crippen LogP contribution is 2.24. The van der Waals surface area contributed by atoms with Crippen LogP contribution in [0.25, 0.3) is 0 Å². The first-order valence-corrected chi connectivity index (χ1v) is 9.97. The second-order valence-corrected chi connectivity index (χ2v) is 7.97. The molecule has 2 N–H and O–H groups in total. The molecule has 1 saturated heterocycles. The maximum Gasteiger partial charge on any atom is 0.321 e. The molecule has 28 heavy (non-hydrogen) atoms. The zero-order valence-corrected chi connectivity index (χ0v) is 17.4. The van der Waals surface area contributed by atoms with E-state index in [1.165, 1.54) is 0 Å². The van der Waals surface area contributed by atoms with Gasteiger partial charge in [0.2, 0.25) is 0 Å². The van der Waals surface area contributed by atoms with Gasteiger partial charge in [-0.25, -0.2) is 4.79 Å². The fourth-order valence-electron chi connectivity index (χ4n) is 3.29. The number of anilines is 1. The molecule has 0 atom stereocenters. The third-order valence-electron chi connectivity index (χ3n) is 5.15. The minimum atomic E-state index is -0.825. The lowest BCUT2D eigenvalue weighted by Gasteiger charge is -2.36. The van der Waals surface area contributed by atoms with Crippen LogP contribution in [-0.2, 0) is 4.79 Å². The van der Waals surface area contributed by atoms with Crippen molar-refractivity contribution in [3.63, 3.8) is 0 Å². The summed E-state index contributed by atoms with van der Waals surface area (Å²) in [5, 5.41) is 11.9. The number of urea groups is 1. The third-order valence-corrected chi connectivity index (χ3v) is 5.15. The molecule has 0 aliphatic carbocycles. The quantitative estimate of drug-likeness (QED) is 0.709. The van der Waals surface area contributed by atoms with Gasteiger partial charge in [-0.3, -0.25) is 9.69 Å². The summed E-state index contributed by atoms with van der Waals surface area (Å²) in [5.41, 5.74) is 1.77. The monoisotopic (exact) mass is 391 g/mol. The van der Waals surface area contributed by atoms with Crippen LogP contribution < -0.4 is 10.1 Å². The number of carboxylic acid groups (broad SMARTS) is 1. The Hall–Kier alpha value is -2.28. The summed E-state index contributed by atoms with van der Waals surface area (Å²) in [6, 6.07) is 5.78. The number of benzene rings is 1. The zero-order chi connectivity index (χ0) is 20.7. The van der Waals surface area contributed by atoms with Gasteiger partial charge in [0.05, 0.1) is 13.2 Å². The Labute approximate surface area is 167 Å². The fourth-order valence-corrected chi connectivity index (χ4v) is 3.29. The number of carbonyl (C=O) groups excluding carboxylic acids is 1. The topological polar surface area (TPSA) is 82.1 Å². The molecule has 7 nitrogen and oxygen atoms in total. The van der Waals surface area contributed by atoms with Gasteiger partial charge in [-0.05, 0) is 50.8 Å². The summed E-state index contributed by atoms with van der Waals surface area (Å²) in [5.74, 6) is 0.557. The Morgan fingerprint density at radius 3 is 2.61 bits per heavy atom. The van der Waals surface area contributed by atoms with Gasteiger partial charge in [0, 0.05) is 30.9 Å². The van der Waals surface area contributed by atoms with Crippen molar-refractivity contribution in [2.24, 2.45) is 5.92 Å². The van der Waals surface area contributed by atoms with Crippen molar-refractivity contribution in [1.82, 2.24) is 9.80 Å². The minimum Gasteiger partial charge on any atom is -0.493 e. The van der Waals surface area contributed by atoms with E-state index in [0.29, 0.717) is 25.6 Å². The van der Waals surface area contributed by atoms with E-state index >= 15 is 0 Å². The van der Waals surface area contributed by atoms with E-state index in [9.17, 15) is 9.59 Å². The molecule has 0 saturated carbocycles. The van der Waals surface area contributed by atoms with Crippen molar-refractivity contribution in [3.05, 3.63) is 23.8 Å². The molecule has 1 aromatic rings. The Bertz CT molecular complexity index is 670. The summed E-state index contributed by atoms with van der Waals surface area (Å²) in [6.45, 7) is 8.24. The van der Waals surface area contributed by atoms with E-state index in [0.717, 1.165) is 36.3 Å². The average Bonchev–Trinajstić information content (AvgIpc) is 2.63. The minimum absolute atomic E-state index is 0.0276. The zero-order valence-electron chi connectivity index (χ0n) is 17.4. The maximum atomic E-state index is 12.6. The van der Waals surface area contributed by atoms with Gasteiger partial charge in [0.25, 0.3) is 0 Å². The van der Waals surface area contributed by atoms with Crippen molar-refractivity contribution in [2.45, 2.75) is 46.1 Å². The van der Waals surface area contributed by atoms with E-state index in [4.69, 9.17) is 9.84 Å². The number of nitrogens with one attached hydrogen (secondary N) is 1. The van der Waals surface area contributed by atoms with E-state index in [2.05, 4.69) is 19.2 Å². The number of hydrogen-bond donors (Lipinski definition) is 2. The number of piperidine rings is 1. The summed E-state index contributed by atoms with van der Waals surface area (Å²) in [4.78, 5) is 27.1. The van der Waals surface area contributed by atoms with Crippen LogP contribution in [0.1, 0.15) is 38.7 Å². The number of carbonyl (C=O) groups is 2. The number of nitrogens with zero attached hydrogens (tertiary/aromatic N) is 2. The third kappa shape index (κ3) is 6.71. The number of ether oxygens (including phenoxy) is 1. The molecule has 1 aliphatic heterocycles. The lowest BCUT2D eigenvalue weighted by atomic mass is 10.0. The Kier molecular flexibility index (Phi) is 8.11. The molecule has 0 bridgehead atoms. The Balaban J connectivity index is 1.87. The molecule has 1 heterocycles. The number of carboxylic acids is 1. The SMILES string of the molecule is Cc1ccc(NC(=O)N2CCC(N(C)CC(=O)O)CC2)cc1OCCC(C)C. The molecule has 0 radical (unpaired) electrons. The molecular weight excluding hydrogens is 358 g/mol. The first-order chi connectivity index (χ1) is 13.3. The number of aliphatic carboxylic acids is 1. The van der Waals surface area contributed by atoms with E-state index in [-0.39, 0.29) is 18.6 Å². The molecule has 156 valence electrons. The van der Waals surface area contributed by atoms with E-state index in [1.54, 1.807) is 4.90 Å². The molecule has 0 unspecified atom stereocenters. The van der Waals surface area contributed by atoms with Crippen molar-refractivity contribution in [1.29, 1.82) is 0 Å². The number of hydrogen-bond acceptors (Lipinski definition) is 4. The highest BCUT2D eigenvalue weighted by molar-refractivity contribution is 5.89. The van der Waals surface area contributed by atoms with E-state index < -0.39 is 5.97 Å². The summed E-state index contributed by atoms with van der Waals surface area (Å²) < 4.78 is 5.87. The molecule has 2 amide bonds. The smallest absolute Gasteiger partial charge is 0.321 e. The maximum absolute atomic E-state index is 12.6. The van der Waals surface area contributed by atoms with Crippen LogP contribution in [0.2, 0.25) is 0 Å². The number of amides is 2. The normalized spacial score (nSPS) is 15.1. The molecule has 7 heteroatoms. The van der Waals surface area contributed by atoms with Gasteiger partial charge in [-0.15, -0.1) is 0 Å². The van der Waals surface area contributed by atoms with Crippen molar-refractivity contribution in [2.75, 3.05) is 38.6 Å². The molecule has 0 aromatic heterocycles. The number of aryl methyl sites for hydroxylation is 1. The van der Waals surface area contributed by atoms with Crippen LogP contribution in [0.3, 0.4) is 0 Å². The predicted molar refractivity (Wildman–Crippen MR) is 110 cm³/mol. The molecular formula is C21H33N3O4. The van der Waals surface area contributed by atoms with Gasteiger partial charge in [0.1, 0.15) is 5.75 Å². The molecule has 2 rings (SSSR count). The number of rotatable bonds is 8. The number of likely N-dealkylation sites (N-methyl/N-ethyl adjacent to an activating group) is 1. The average molecular weight is 392 g/mol. The molecule has 1 aliphatic rings. The lowest BCUT2D eigenvalue weighted by Crippen LogP contribution is -2.47. The summed E-state index contributed by atoms with van der Waals surface area (Å²) in [6.07, 6.45) is 2.53. The van der Waals surface area contributed by atoms with Gasteiger partial charge >= 0.3 is 12.0 Å². The van der Waals surface area contributed by atoms with Crippen molar-refractivity contribution < 1.29 is 19.4 Å². The van der Waals surface area contributed by atoms with Gasteiger partial charge < -0.3 is 20.1 Å². The molecule has 1 aromatic carbocycles. The van der Waals surface area contributed by atoms with Gasteiger partial charge in [-0.1, -0.05) is 19.9 Å². The first-order valence-electron chi connectivity index (χ1n) is 9.97. The fraction of sp³-hybridized carbons (Fsp3) is 0.619. The molecule has 1 fully saturated rings. The van der Waals surface area contributed by atoms with E-state index in [1.807, 2.05) is 37.1 Å². The molecule has 0 spiro atoms. The largest absolute Gasteiger partial charge is 0.493 e. The van der Waals surface area contributed by atoms with Crippen LogP contribution in [0.5, 0.6) is 5.75 Å². The van der Waals surface area contributed by atoms with Gasteiger partial charge in [0.15, 0.2) is 0 Å². The highest BCUT2D eigenvalue weighted by Gasteiger charge is 2.26. The van der Waals surface area contributed by atoms with Crippen LogP contribution >= 0.6 is 0 Å². The highest BCUT2D eigenvalue weighted by atomic mass is 16.5.